The van der Waals surface area contributed by atoms with Gasteiger partial charge in [-0.15, -0.1) is 0 Å². The van der Waals surface area contributed by atoms with E-state index in [1.165, 1.54) is 25.7 Å². The van der Waals surface area contributed by atoms with Gasteiger partial charge in [0.05, 0.1) is 0 Å². The van der Waals surface area contributed by atoms with Crippen LogP contribution in [0.1, 0.15) is 53.4 Å². The van der Waals surface area contributed by atoms with Crippen LogP contribution in [-0.2, 0) is 0 Å². The summed E-state index contributed by atoms with van der Waals surface area (Å²) in [5.74, 6) is 1.90. The third-order valence-corrected chi connectivity index (χ3v) is 3.01. The Morgan fingerprint density at radius 2 is 1.91 bits per heavy atom. The molecule has 0 atom stereocenters. The molecule has 0 aromatic carbocycles. The third-order valence-electron chi connectivity index (χ3n) is 3.01. The Labute approximate surface area is 71.4 Å². The van der Waals surface area contributed by atoms with E-state index in [1.807, 2.05) is 0 Å². The predicted octanol–water partition coefficient (Wildman–Crippen LogP) is 3.86. The molecule has 0 aliphatic heterocycles. The number of hydrogen-bond acceptors (Lipinski definition) is 0. The van der Waals surface area contributed by atoms with Crippen LogP contribution in [-0.4, -0.2) is 0 Å². The molecule has 0 aromatic heterocycles. The fourth-order valence-corrected chi connectivity index (χ4v) is 2.46. The van der Waals surface area contributed by atoms with E-state index in [2.05, 4.69) is 27.7 Å². The van der Waals surface area contributed by atoms with E-state index >= 15 is 0 Å². The van der Waals surface area contributed by atoms with Crippen LogP contribution in [0.3, 0.4) is 0 Å². The average molecular weight is 154 g/mol. The minimum atomic E-state index is 0.726. The van der Waals surface area contributed by atoms with Crippen molar-refractivity contribution < 1.29 is 0 Å². The van der Waals surface area contributed by atoms with Crippen molar-refractivity contribution in [1.29, 1.82) is 0 Å². The molecule has 1 fully saturated rings. The topological polar surface area (TPSA) is 0 Å². The molecule has 0 N–H and O–H groups in total. The van der Waals surface area contributed by atoms with Crippen LogP contribution in [0.15, 0.2) is 0 Å². The summed E-state index contributed by atoms with van der Waals surface area (Å²) < 4.78 is 0. The van der Waals surface area contributed by atoms with Gasteiger partial charge in [-0.2, -0.15) is 0 Å². The molecule has 0 unspecified atom stereocenters. The van der Waals surface area contributed by atoms with Gasteiger partial charge in [0.15, 0.2) is 0 Å². The van der Waals surface area contributed by atoms with Crippen molar-refractivity contribution in [2.75, 3.05) is 0 Å². The first-order chi connectivity index (χ1) is 5.02. The van der Waals surface area contributed by atoms with E-state index in [4.69, 9.17) is 0 Å². The van der Waals surface area contributed by atoms with Crippen LogP contribution in [0.4, 0.5) is 0 Å². The van der Waals surface area contributed by atoms with Crippen LogP contribution < -0.4 is 0 Å². The van der Waals surface area contributed by atoms with Crippen molar-refractivity contribution in [2.45, 2.75) is 53.4 Å². The zero-order valence-corrected chi connectivity index (χ0v) is 8.48. The van der Waals surface area contributed by atoms with Crippen LogP contribution in [0.25, 0.3) is 0 Å². The standard InChI is InChI=1S/C11H22/c1-9(2)5-6-11(4)7-10(3)8-11/h9-10H,5-8H2,1-4H3. The Kier molecular flexibility index (Phi) is 2.61. The fraction of sp³-hybridized carbons (Fsp3) is 1.00. The van der Waals surface area contributed by atoms with Gasteiger partial charge < -0.3 is 0 Å². The summed E-state index contributed by atoms with van der Waals surface area (Å²) in [6, 6.07) is 0. The molecule has 0 amide bonds. The second-order valence-electron chi connectivity index (χ2n) is 5.26. The molecule has 1 saturated carbocycles. The summed E-state index contributed by atoms with van der Waals surface area (Å²) in [6.45, 7) is 9.48. The summed E-state index contributed by atoms with van der Waals surface area (Å²) in [5, 5.41) is 0. The van der Waals surface area contributed by atoms with Gasteiger partial charge >= 0.3 is 0 Å². The van der Waals surface area contributed by atoms with E-state index in [1.54, 1.807) is 0 Å². The lowest BCUT2D eigenvalue weighted by atomic mass is 9.61. The molecule has 0 spiro atoms. The average Bonchev–Trinajstić information content (AvgIpc) is 1.81. The molecule has 0 heteroatoms. The summed E-state index contributed by atoms with van der Waals surface area (Å²) in [7, 11) is 0. The lowest BCUT2D eigenvalue weighted by molar-refractivity contribution is 0.0709. The summed E-state index contributed by atoms with van der Waals surface area (Å²) in [5.41, 5.74) is 0.726. The molecule has 0 saturated heterocycles. The highest BCUT2D eigenvalue weighted by Crippen LogP contribution is 2.48. The second-order valence-corrected chi connectivity index (χ2v) is 5.26. The van der Waals surface area contributed by atoms with Gasteiger partial charge in [0.25, 0.3) is 0 Å². The van der Waals surface area contributed by atoms with Crippen molar-refractivity contribution >= 4 is 0 Å². The quantitative estimate of drug-likeness (QED) is 0.579. The first-order valence-corrected chi connectivity index (χ1v) is 5.02. The Hall–Kier alpha value is 0. The van der Waals surface area contributed by atoms with E-state index in [0.717, 1.165) is 17.3 Å². The zero-order valence-electron chi connectivity index (χ0n) is 8.48. The van der Waals surface area contributed by atoms with E-state index in [-0.39, 0.29) is 0 Å². The van der Waals surface area contributed by atoms with Crippen molar-refractivity contribution in [2.24, 2.45) is 17.3 Å². The highest BCUT2D eigenvalue weighted by atomic mass is 14.4. The highest BCUT2D eigenvalue weighted by Gasteiger charge is 2.36. The predicted molar refractivity (Wildman–Crippen MR) is 50.6 cm³/mol. The first kappa shape index (κ1) is 9.09. The summed E-state index contributed by atoms with van der Waals surface area (Å²) in [6.07, 6.45) is 5.82. The zero-order chi connectivity index (χ0) is 8.48. The maximum atomic E-state index is 2.45. The molecule has 0 aromatic rings. The monoisotopic (exact) mass is 154 g/mol. The van der Waals surface area contributed by atoms with E-state index in [9.17, 15) is 0 Å². The van der Waals surface area contributed by atoms with Crippen molar-refractivity contribution in [3.8, 4) is 0 Å². The van der Waals surface area contributed by atoms with Gasteiger partial charge in [-0.3, -0.25) is 0 Å². The normalized spacial score (nSPS) is 37.4. The van der Waals surface area contributed by atoms with Crippen LogP contribution >= 0.6 is 0 Å². The lowest BCUT2D eigenvalue weighted by Crippen LogP contribution is -2.32. The Balaban J connectivity index is 2.16. The lowest BCUT2D eigenvalue weighted by Gasteiger charge is -2.44. The van der Waals surface area contributed by atoms with Crippen LogP contribution in [0.2, 0.25) is 0 Å². The van der Waals surface area contributed by atoms with Crippen molar-refractivity contribution in [3.05, 3.63) is 0 Å². The molecule has 1 aliphatic carbocycles. The molecule has 66 valence electrons. The SMILES string of the molecule is CC(C)CCC1(C)CC(C)C1. The van der Waals surface area contributed by atoms with Crippen molar-refractivity contribution in [3.63, 3.8) is 0 Å². The minimum absolute atomic E-state index is 0.726. The Morgan fingerprint density at radius 1 is 1.36 bits per heavy atom. The molecule has 0 nitrogen and oxygen atoms in total. The highest BCUT2D eigenvalue weighted by molar-refractivity contribution is 4.87. The van der Waals surface area contributed by atoms with Gasteiger partial charge in [0.1, 0.15) is 0 Å². The van der Waals surface area contributed by atoms with Crippen molar-refractivity contribution in [1.82, 2.24) is 0 Å². The number of rotatable bonds is 3. The van der Waals surface area contributed by atoms with Gasteiger partial charge in [-0.05, 0) is 36.5 Å². The van der Waals surface area contributed by atoms with E-state index < -0.39 is 0 Å². The molecular formula is C11H22. The van der Waals surface area contributed by atoms with E-state index in [0.29, 0.717) is 0 Å². The molecular weight excluding hydrogens is 132 g/mol. The van der Waals surface area contributed by atoms with Gasteiger partial charge in [0, 0.05) is 0 Å². The molecule has 11 heavy (non-hydrogen) atoms. The third kappa shape index (κ3) is 2.50. The largest absolute Gasteiger partial charge is 0.0628 e. The molecule has 0 radical (unpaired) electrons. The number of hydrogen-bond donors (Lipinski definition) is 0. The maximum Gasteiger partial charge on any atom is -0.0321 e. The molecule has 0 bridgehead atoms. The van der Waals surface area contributed by atoms with Crippen LogP contribution in [0, 0.1) is 17.3 Å². The molecule has 0 heterocycles. The smallest absolute Gasteiger partial charge is 0.0321 e. The summed E-state index contributed by atoms with van der Waals surface area (Å²) >= 11 is 0. The summed E-state index contributed by atoms with van der Waals surface area (Å²) in [4.78, 5) is 0. The maximum absolute atomic E-state index is 2.45. The molecule has 1 rings (SSSR count). The Morgan fingerprint density at radius 3 is 2.27 bits per heavy atom. The van der Waals surface area contributed by atoms with Crippen LogP contribution in [0.5, 0.6) is 0 Å². The minimum Gasteiger partial charge on any atom is -0.0628 e. The fourth-order valence-electron chi connectivity index (χ4n) is 2.46. The van der Waals surface area contributed by atoms with Gasteiger partial charge in [-0.1, -0.05) is 34.1 Å². The Bertz CT molecular complexity index is 118. The molecule has 1 aliphatic rings. The van der Waals surface area contributed by atoms with Gasteiger partial charge in [0.2, 0.25) is 0 Å². The van der Waals surface area contributed by atoms with Gasteiger partial charge in [-0.25, -0.2) is 0 Å². The second kappa shape index (κ2) is 3.16. The first-order valence-electron chi connectivity index (χ1n) is 5.02.